The molecule has 0 saturated carbocycles. The van der Waals surface area contributed by atoms with Gasteiger partial charge in [-0.3, -0.25) is 0 Å². The van der Waals surface area contributed by atoms with E-state index in [-0.39, 0.29) is 13.0 Å². The molecule has 2 atom stereocenters. The molecule has 0 aliphatic heterocycles. The minimum Gasteiger partial charge on any atom is -0.480 e. The number of aliphatic hydroxyl groups excluding tert-OH is 1. The van der Waals surface area contributed by atoms with Crippen molar-refractivity contribution in [3.05, 3.63) is 35.9 Å². The lowest BCUT2D eigenvalue weighted by atomic mass is 9.98. The second-order valence-corrected chi connectivity index (χ2v) is 4.90. The summed E-state index contributed by atoms with van der Waals surface area (Å²) in [6.45, 7) is 2.23. The van der Waals surface area contributed by atoms with E-state index >= 15 is 0 Å². The first-order chi connectivity index (χ1) is 10.0. The van der Waals surface area contributed by atoms with Crippen LogP contribution in [0, 0.1) is 0 Å². The number of amides is 2. The monoisotopic (exact) mass is 294 g/mol. The van der Waals surface area contributed by atoms with Gasteiger partial charge in [0.1, 0.15) is 6.04 Å². The normalized spacial score (nSPS) is 13.2. The molecule has 0 radical (unpaired) electrons. The first-order valence-corrected chi connectivity index (χ1v) is 6.97. The minimum atomic E-state index is -1.16. The Hall–Kier alpha value is -2.08. The second-order valence-electron chi connectivity index (χ2n) is 4.90. The van der Waals surface area contributed by atoms with Crippen LogP contribution in [0.1, 0.15) is 31.2 Å². The van der Waals surface area contributed by atoms with Crippen LogP contribution in [-0.4, -0.2) is 41.4 Å². The van der Waals surface area contributed by atoms with Gasteiger partial charge in [-0.25, -0.2) is 9.59 Å². The SMILES string of the molecule is CC(CCNC(=O)NC(CCO)C(=O)O)c1ccccc1. The Labute approximate surface area is 124 Å². The Morgan fingerprint density at radius 1 is 1.19 bits per heavy atom. The van der Waals surface area contributed by atoms with Gasteiger partial charge in [0, 0.05) is 19.6 Å². The number of aliphatic hydroxyl groups is 1. The fourth-order valence-corrected chi connectivity index (χ4v) is 1.95. The van der Waals surface area contributed by atoms with E-state index in [4.69, 9.17) is 10.2 Å². The first kappa shape index (κ1) is 17.0. The Balaban J connectivity index is 2.31. The minimum absolute atomic E-state index is 0.0107. The van der Waals surface area contributed by atoms with Gasteiger partial charge in [-0.05, 0) is 17.9 Å². The van der Waals surface area contributed by atoms with E-state index in [2.05, 4.69) is 17.6 Å². The zero-order valence-corrected chi connectivity index (χ0v) is 12.1. The van der Waals surface area contributed by atoms with E-state index in [1.807, 2.05) is 30.3 Å². The third-order valence-corrected chi connectivity index (χ3v) is 3.25. The fraction of sp³-hybridized carbons (Fsp3) is 0.467. The average molecular weight is 294 g/mol. The van der Waals surface area contributed by atoms with Crippen molar-refractivity contribution in [2.24, 2.45) is 0 Å². The Morgan fingerprint density at radius 2 is 1.86 bits per heavy atom. The van der Waals surface area contributed by atoms with Gasteiger partial charge >= 0.3 is 12.0 Å². The molecule has 0 aliphatic rings. The fourth-order valence-electron chi connectivity index (χ4n) is 1.95. The van der Waals surface area contributed by atoms with E-state index in [0.29, 0.717) is 12.5 Å². The number of hydrogen-bond donors (Lipinski definition) is 4. The number of carbonyl (C=O) groups is 2. The van der Waals surface area contributed by atoms with Crippen LogP contribution in [0.5, 0.6) is 0 Å². The highest BCUT2D eigenvalue weighted by Crippen LogP contribution is 2.17. The number of rotatable bonds is 8. The standard InChI is InChI=1S/C15H22N2O4/c1-11(12-5-3-2-4-6-12)7-9-16-15(21)17-13(8-10-18)14(19)20/h2-6,11,13,18H,7-10H2,1H3,(H,19,20)(H2,16,17,21). The lowest BCUT2D eigenvalue weighted by Crippen LogP contribution is -2.46. The maximum Gasteiger partial charge on any atom is 0.326 e. The number of carbonyl (C=O) groups excluding carboxylic acids is 1. The predicted molar refractivity (Wildman–Crippen MR) is 79.1 cm³/mol. The van der Waals surface area contributed by atoms with Gasteiger partial charge in [-0.15, -0.1) is 0 Å². The molecule has 0 aliphatic carbocycles. The summed E-state index contributed by atoms with van der Waals surface area (Å²) in [5, 5.41) is 22.6. The molecule has 2 unspecified atom stereocenters. The average Bonchev–Trinajstić information content (AvgIpc) is 2.47. The van der Waals surface area contributed by atoms with E-state index in [1.54, 1.807) is 0 Å². The van der Waals surface area contributed by atoms with E-state index in [0.717, 1.165) is 6.42 Å². The molecule has 6 nitrogen and oxygen atoms in total. The van der Waals surface area contributed by atoms with Gasteiger partial charge in [-0.1, -0.05) is 37.3 Å². The number of hydrogen-bond acceptors (Lipinski definition) is 3. The Morgan fingerprint density at radius 3 is 2.43 bits per heavy atom. The first-order valence-electron chi connectivity index (χ1n) is 6.97. The number of aliphatic carboxylic acids is 1. The lowest BCUT2D eigenvalue weighted by Gasteiger charge is -2.15. The largest absolute Gasteiger partial charge is 0.480 e. The Bertz CT molecular complexity index is 450. The van der Waals surface area contributed by atoms with Crippen LogP contribution in [0.15, 0.2) is 30.3 Å². The summed E-state index contributed by atoms with van der Waals surface area (Å²) >= 11 is 0. The summed E-state index contributed by atoms with van der Waals surface area (Å²) in [5.74, 6) is -0.851. The molecule has 1 rings (SSSR count). The summed E-state index contributed by atoms with van der Waals surface area (Å²) in [6, 6.07) is 8.36. The number of benzene rings is 1. The molecular weight excluding hydrogens is 272 g/mol. The Kier molecular flexibility index (Phi) is 7.25. The quantitative estimate of drug-likeness (QED) is 0.581. The highest BCUT2D eigenvalue weighted by molar-refractivity contribution is 5.82. The molecule has 1 aromatic carbocycles. The molecular formula is C15H22N2O4. The van der Waals surface area contributed by atoms with Crippen molar-refractivity contribution in [1.82, 2.24) is 10.6 Å². The van der Waals surface area contributed by atoms with Crippen LogP contribution < -0.4 is 10.6 Å². The van der Waals surface area contributed by atoms with Crippen molar-refractivity contribution < 1.29 is 19.8 Å². The molecule has 1 aromatic rings. The summed E-state index contributed by atoms with van der Waals surface area (Å²) in [6.07, 6.45) is 0.748. The molecule has 0 bridgehead atoms. The van der Waals surface area contributed by atoms with Crippen molar-refractivity contribution in [1.29, 1.82) is 0 Å². The molecule has 0 fully saturated rings. The van der Waals surface area contributed by atoms with Crippen molar-refractivity contribution >= 4 is 12.0 Å². The topological polar surface area (TPSA) is 98.7 Å². The van der Waals surface area contributed by atoms with E-state index in [1.165, 1.54) is 5.56 Å². The predicted octanol–water partition coefficient (Wildman–Crippen LogP) is 1.31. The van der Waals surface area contributed by atoms with Crippen LogP contribution in [-0.2, 0) is 4.79 Å². The third kappa shape index (κ3) is 6.27. The van der Waals surface area contributed by atoms with E-state index < -0.39 is 18.0 Å². The molecule has 2 amide bonds. The molecule has 0 aromatic heterocycles. The smallest absolute Gasteiger partial charge is 0.326 e. The molecule has 4 N–H and O–H groups in total. The zero-order chi connectivity index (χ0) is 15.7. The molecule has 21 heavy (non-hydrogen) atoms. The summed E-state index contributed by atoms with van der Waals surface area (Å²) in [4.78, 5) is 22.4. The molecule has 0 saturated heterocycles. The lowest BCUT2D eigenvalue weighted by molar-refractivity contribution is -0.139. The molecule has 116 valence electrons. The van der Waals surface area contributed by atoms with E-state index in [9.17, 15) is 9.59 Å². The second kappa shape index (κ2) is 8.97. The van der Waals surface area contributed by atoms with Crippen LogP contribution in [0.25, 0.3) is 0 Å². The van der Waals surface area contributed by atoms with Crippen LogP contribution in [0.4, 0.5) is 4.79 Å². The van der Waals surface area contributed by atoms with Gasteiger partial charge in [0.25, 0.3) is 0 Å². The van der Waals surface area contributed by atoms with Gasteiger partial charge in [-0.2, -0.15) is 0 Å². The summed E-state index contributed by atoms with van der Waals surface area (Å²) < 4.78 is 0. The molecule has 0 heterocycles. The van der Waals surface area contributed by atoms with Crippen molar-refractivity contribution in [3.63, 3.8) is 0 Å². The number of nitrogens with one attached hydrogen (secondary N) is 2. The number of carboxylic acid groups (broad SMARTS) is 1. The maximum absolute atomic E-state index is 11.6. The highest BCUT2D eigenvalue weighted by Gasteiger charge is 2.18. The molecule has 0 spiro atoms. The molecule has 6 heteroatoms. The van der Waals surface area contributed by atoms with Crippen LogP contribution in [0.2, 0.25) is 0 Å². The maximum atomic E-state index is 11.6. The summed E-state index contributed by atoms with van der Waals surface area (Å²) in [7, 11) is 0. The van der Waals surface area contributed by atoms with Gasteiger partial charge < -0.3 is 20.8 Å². The number of urea groups is 1. The van der Waals surface area contributed by atoms with Crippen LogP contribution in [0.3, 0.4) is 0 Å². The van der Waals surface area contributed by atoms with Crippen molar-refractivity contribution in [2.75, 3.05) is 13.2 Å². The van der Waals surface area contributed by atoms with Crippen LogP contribution >= 0.6 is 0 Å². The van der Waals surface area contributed by atoms with Gasteiger partial charge in [0.2, 0.25) is 0 Å². The van der Waals surface area contributed by atoms with Crippen molar-refractivity contribution in [2.45, 2.75) is 31.7 Å². The van der Waals surface area contributed by atoms with Gasteiger partial charge in [0.15, 0.2) is 0 Å². The zero-order valence-electron chi connectivity index (χ0n) is 12.1. The number of carboxylic acids is 1. The van der Waals surface area contributed by atoms with Crippen molar-refractivity contribution in [3.8, 4) is 0 Å². The third-order valence-electron chi connectivity index (χ3n) is 3.25. The summed E-state index contributed by atoms with van der Waals surface area (Å²) in [5.41, 5.74) is 1.20. The van der Waals surface area contributed by atoms with Gasteiger partial charge in [0.05, 0.1) is 0 Å². The highest BCUT2D eigenvalue weighted by atomic mass is 16.4.